The molecule has 4 heteroatoms. The van der Waals surface area contributed by atoms with Crippen molar-refractivity contribution in [1.82, 2.24) is 14.4 Å². The minimum atomic E-state index is 0.0873. The van der Waals surface area contributed by atoms with Crippen molar-refractivity contribution in [2.45, 2.75) is 45.1 Å². The summed E-state index contributed by atoms with van der Waals surface area (Å²) in [5, 5.41) is 1.07. The summed E-state index contributed by atoms with van der Waals surface area (Å²) >= 11 is 0. The fourth-order valence-electron chi connectivity index (χ4n) is 5.19. The van der Waals surface area contributed by atoms with Crippen molar-refractivity contribution in [3.8, 4) is 0 Å². The number of hydrogen-bond acceptors (Lipinski definition) is 2. The summed E-state index contributed by atoms with van der Waals surface area (Å²) in [4.78, 5) is 16.9. The van der Waals surface area contributed by atoms with E-state index in [0.717, 1.165) is 35.8 Å². The molecule has 0 radical (unpaired) electrons. The lowest BCUT2D eigenvalue weighted by Crippen LogP contribution is -2.42. The van der Waals surface area contributed by atoms with E-state index in [1.807, 2.05) is 20.2 Å². The largest absolute Gasteiger partial charge is 0.347 e. The molecular formula is C23H33N3O. The van der Waals surface area contributed by atoms with E-state index in [1.54, 1.807) is 4.90 Å². The van der Waals surface area contributed by atoms with E-state index in [9.17, 15) is 4.79 Å². The standard InChI is InChI=1S/C23H33N3O/c1-24(2)23(27)21-17-26(22-11-6-5-10-20(21)22)14-7-13-25-15-12-18-8-3-4-9-19(18)16-25/h5-6,10-11,17-19H,3-4,7-9,12-16H2,1-2H3. The van der Waals surface area contributed by atoms with Gasteiger partial charge in [0.25, 0.3) is 5.91 Å². The molecule has 0 N–H and O–H groups in total. The van der Waals surface area contributed by atoms with Crippen LogP contribution in [0, 0.1) is 11.8 Å². The van der Waals surface area contributed by atoms with Crippen molar-refractivity contribution >= 4 is 16.8 Å². The molecule has 146 valence electrons. The molecular weight excluding hydrogens is 334 g/mol. The second-order valence-corrected chi connectivity index (χ2v) is 8.70. The Balaban J connectivity index is 1.40. The minimum Gasteiger partial charge on any atom is -0.347 e. The molecule has 2 aromatic rings. The summed E-state index contributed by atoms with van der Waals surface area (Å²) in [5.74, 6) is 2.04. The second-order valence-electron chi connectivity index (χ2n) is 8.70. The first kappa shape index (κ1) is 18.5. The molecule has 2 unspecified atom stereocenters. The molecule has 1 saturated carbocycles. The Morgan fingerprint density at radius 1 is 1.07 bits per heavy atom. The fourth-order valence-corrected chi connectivity index (χ4v) is 5.19. The maximum atomic E-state index is 12.5. The normalized spacial score (nSPS) is 23.3. The maximum Gasteiger partial charge on any atom is 0.255 e. The zero-order valence-corrected chi connectivity index (χ0v) is 16.9. The lowest BCUT2D eigenvalue weighted by atomic mass is 9.75. The zero-order chi connectivity index (χ0) is 18.8. The van der Waals surface area contributed by atoms with Crippen LogP contribution in [0.2, 0.25) is 0 Å². The fraction of sp³-hybridized carbons (Fsp3) is 0.609. The molecule has 1 amide bonds. The minimum absolute atomic E-state index is 0.0873. The Kier molecular flexibility index (Phi) is 5.53. The van der Waals surface area contributed by atoms with Gasteiger partial charge in [0.2, 0.25) is 0 Å². The first-order chi connectivity index (χ1) is 13.1. The van der Waals surface area contributed by atoms with Crippen molar-refractivity contribution in [1.29, 1.82) is 0 Å². The van der Waals surface area contributed by atoms with E-state index in [-0.39, 0.29) is 5.91 Å². The molecule has 1 aliphatic heterocycles. The van der Waals surface area contributed by atoms with Crippen molar-refractivity contribution in [2.24, 2.45) is 11.8 Å². The summed E-state index contributed by atoms with van der Waals surface area (Å²) in [6, 6.07) is 8.29. The van der Waals surface area contributed by atoms with Gasteiger partial charge in [0, 0.05) is 44.3 Å². The number of para-hydroxylation sites is 1. The number of aryl methyl sites for hydroxylation is 1. The lowest BCUT2D eigenvalue weighted by Gasteiger charge is -2.41. The summed E-state index contributed by atoms with van der Waals surface area (Å²) in [6.45, 7) is 4.73. The van der Waals surface area contributed by atoms with E-state index >= 15 is 0 Å². The van der Waals surface area contributed by atoms with Gasteiger partial charge in [0.05, 0.1) is 5.56 Å². The molecule has 2 heterocycles. The number of benzene rings is 1. The van der Waals surface area contributed by atoms with E-state index < -0.39 is 0 Å². The van der Waals surface area contributed by atoms with Crippen LogP contribution in [0.3, 0.4) is 0 Å². The summed E-state index contributed by atoms with van der Waals surface area (Å²) in [6.07, 6.45) is 10.4. The van der Waals surface area contributed by atoms with Gasteiger partial charge < -0.3 is 14.4 Å². The average molecular weight is 368 g/mol. The molecule has 27 heavy (non-hydrogen) atoms. The third-order valence-corrected chi connectivity index (χ3v) is 6.67. The number of aromatic nitrogens is 1. The van der Waals surface area contributed by atoms with E-state index in [0.29, 0.717) is 0 Å². The third kappa shape index (κ3) is 3.91. The van der Waals surface area contributed by atoms with E-state index in [1.165, 1.54) is 57.3 Å². The highest BCUT2D eigenvalue weighted by molar-refractivity contribution is 6.06. The highest BCUT2D eigenvalue weighted by Crippen LogP contribution is 2.36. The summed E-state index contributed by atoms with van der Waals surface area (Å²) in [5.41, 5.74) is 1.99. The van der Waals surface area contributed by atoms with Gasteiger partial charge >= 0.3 is 0 Å². The Hall–Kier alpha value is -1.81. The van der Waals surface area contributed by atoms with Crippen LogP contribution in [0.25, 0.3) is 10.9 Å². The number of rotatable bonds is 5. The quantitative estimate of drug-likeness (QED) is 0.790. The molecule has 0 bridgehead atoms. The van der Waals surface area contributed by atoms with Crippen LogP contribution in [-0.4, -0.2) is 54.0 Å². The van der Waals surface area contributed by atoms with Gasteiger partial charge in [-0.15, -0.1) is 0 Å². The van der Waals surface area contributed by atoms with Gasteiger partial charge in [-0.1, -0.05) is 37.5 Å². The lowest BCUT2D eigenvalue weighted by molar-refractivity contribution is 0.0828. The highest BCUT2D eigenvalue weighted by atomic mass is 16.2. The molecule has 1 saturated heterocycles. The van der Waals surface area contributed by atoms with Crippen LogP contribution in [-0.2, 0) is 6.54 Å². The molecule has 1 aliphatic carbocycles. The van der Waals surface area contributed by atoms with E-state index in [2.05, 4.69) is 33.9 Å². The zero-order valence-electron chi connectivity index (χ0n) is 16.9. The van der Waals surface area contributed by atoms with Crippen molar-refractivity contribution in [3.05, 3.63) is 36.0 Å². The van der Waals surface area contributed by atoms with Gasteiger partial charge in [0.15, 0.2) is 0 Å². The third-order valence-electron chi connectivity index (χ3n) is 6.67. The average Bonchev–Trinajstić information content (AvgIpc) is 3.06. The Labute approximate surface area is 163 Å². The van der Waals surface area contributed by atoms with Gasteiger partial charge in [0.1, 0.15) is 0 Å². The Morgan fingerprint density at radius 2 is 1.85 bits per heavy atom. The number of carbonyl (C=O) groups excluding carboxylic acids is 1. The second kappa shape index (κ2) is 8.05. The number of fused-ring (bicyclic) bond motifs is 2. The molecule has 1 aromatic heterocycles. The maximum absolute atomic E-state index is 12.5. The number of amides is 1. The number of carbonyl (C=O) groups is 1. The predicted molar refractivity (Wildman–Crippen MR) is 111 cm³/mol. The molecule has 4 nitrogen and oxygen atoms in total. The number of likely N-dealkylation sites (tertiary alicyclic amines) is 1. The monoisotopic (exact) mass is 367 g/mol. The predicted octanol–water partition coefficient (Wildman–Crippen LogP) is 4.25. The molecule has 2 atom stereocenters. The number of nitrogens with zero attached hydrogens (tertiary/aromatic N) is 3. The Bertz CT molecular complexity index is 794. The van der Waals surface area contributed by atoms with Crippen molar-refractivity contribution < 1.29 is 4.79 Å². The van der Waals surface area contributed by atoms with E-state index in [4.69, 9.17) is 0 Å². The highest BCUT2D eigenvalue weighted by Gasteiger charge is 2.30. The van der Waals surface area contributed by atoms with Gasteiger partial charge in [-0.3, -0.25) is 4.79 Å². The van der Waals surface area contributed by atoms with Crippen LogP contribution >= 0.6 is 0 Å². The van der Waals surface area contributed by atoms with Crippen LogP contribution in [0.5, 0.6) is 0 Å². The van der Waals surface area contributed by atoms with Crippen molar-refractivity contribution in [3.63, 3.8) is 0 Å². The molecule has 0 spiro atoms. The van der Waals surface area contributed by atoms with Crippen LogP contribution in [0.4, 0.5) is 0 Å². The summed E-state index contributed by atoms with van der Waals surface area (Å²) < 4.78 is 2.28. The topological polar surface area (TPSA) is 28.5 Å². The molecule has 2 fully saturated rings. The Morgan fingerprint density at radius 3 is 2.67 bits per heavy atom. The molecule has 2 aliphatic rings. The number of hydrogen-bond donors (Lipinski definition) is 0. The SMILES string of the molecule is CN(C)C(=O)c1cn(CCCN2CCC3CCCCC3C2)c2ccccc12. The smallest absolute Gasteiger partial charge is 0.255 e. The first-order valence-electron chi connectivity index (χ1n) is 10.7. The summed E-state index contributed by atoms with van der Waals surface area (Å²) in [7, 11) is 3.65. The molecule has 4 rings (SSSR count). The van der Waals surface area contributed by atoms with Gasteiger partial charge in [-0.05, 0) is 50.3 Å². The van der Waals surface area contributed by atoms with Crippen LogP contribution in [0.15, 0.2) is 30.5 Å². The number of piperidine rings is 1. The van der Waals surface area contributed by atoms with Gasteiger partial charge in [-0.25, -0.2) is 0 Å². The van der Waals surface area contributed by atoms with Gasteiger partial charge in [-0.2, -0.15) is 0 Å². The molecule has 1 aromatic carbocycles. The van der Waals surface area contributed by atoms with Crippen LogP contribution in [0.1, 0.15) is 48.9 Å². The first-order valence-corrected chi connectivity index (χ1v) is 10.7. The van der Waals surface area contributed by atoms with Crippen LogP contribution < -0.4 is 0 Å². The van der Waals surface area contributed by atoms with Crippen molar-refractivity contribution in [2.75, 3.05) is 33.7 Å².